The zero-order valence-electron chi connectivity index (χ0n) is 11.9. The fourth-order valence-corrected chi connectivity index (χ4v) is 1.25. The van der Waals surface area contributed by atoms with Crippen LogP contribution in [0.25, 0.3) is 0 Å². The van der Waals surface area contributed by atoms with E-state index in [1.54, 1.807) is 0 Å². The van der Waals surface area contributed by atoms with Crippen molar-refractivity contribution in [2.24, 2.45) is 0 Å². The van der Waals surface area contributed by atoms with Crippen LogP contribution in [0.1, 0.15) is 38.5 Å². The Morgan fingerprint density at radius 1 is 0.500 bits per heavy atom. The molecule has 20 heavy (non-hydrogen) atoms. The standard InChI is InChI=1S/3C4H7O.3ClH.2Mg/c3*1-2-4-5-3-1;;;;;/h3*3H,1-2,4H2;3*1H;;/q3*-1;;;;2*+2/p-3. The van der Waals surface area contributed by atoms with Gasteiger partial charge in [-0.3, -0.25) is 0 Å². The van der Waals surface area contributed by atoms with Crippen LogP contribution in [-0.2, 0) is 14.2 Å². The number of hydrogen-bond acceptors (Lipinski definition) is 3. The molecule has 8 heteroatoms. The van der Waals surface area contributed by atoms with E-state index in [2.05, 4.69) is 0 Å². The van der Waals surface area contributed by atoms with Gasteiger partial charge in [0.15, 0.2) is 0 Å². The molecular formula is C12H21Cl3Mg2O3-2. The molecule has 0 unspecified atom stereocenters. The van der Waals surface area contributed by atoms with Gasteiger partial charge in [0.05, 0.1) is 0 Å². The second kappa shape index (κ2) is 29.3. The molecule has 0 amide bonds. The largest absolute Gasteiger partial charge is 2.00 e. The maximum atomic E-state index is 4.82. The van der Waals surface area contributed by atoms with Gasteiger partial charge in [-0.2, -0.15) is 19.3 Å². The summed E-state index contributed by atoms with van der Waals surface area (Å²) in [5.41, 5.74) is 0. The molecule has 3 nitrogen and oxygen atoms in total. The Morgan fingerprint density at radius 2 is 0.750 bits per heavy atom. The van der Waals surface area contributed by atoms with E-state index in [1.807, 2.05) is 19.8 Å². The Balaban J connectivity index is -0.0000000500. The molecule has 3 fully saturated rings. The Morgan fingerprint density at radius 3 is 0.800 bits per heavy atom. The molecule has 0 aromatic carbocycles. The van der Waals surface area contributed by atoms with Crippen LogP contribution in [0.3, 0.4) is 0 Å². The zero-order chi connectivity index (χ0) is 10.6. The van der Waals surface area contributed by atoms with Crippen molar-refractivity contribution in [2.75, 3.05) is 19.8 Å². The fraction of sp³-hybridized carbons (Fsp3) is 0.750. The molecule has 0 N–H and O–H groups in total. The molecule has 114 valence electrons. The summed E-state index contributed by atoms with van der Waals surface area (Å²) in [7, 11) is 0. The molecular weight excluding hydrogens is 347 g/mol. The monoisotopic (exact) mass is 366 g/mol. The van der Waals surface area contributed by atoms with Crippen LogP contribution in [0.2, 0.25) is 0 Å². The molecule has 0 spiro atoms. The van der Waals surface area contributed by atoms with Gasteiger partial charge in [-0.25, -0.2) is 19.8 Å². The Kier molecular flexibility index (Phi) is 49.5. The van der Waals surface area contributed by atoms with Gasteiger partial charge < -0.3 is 51.4 Å². The average Bonchev–Trinajstić information content (AvgIpc) is 3.09. The summed E-state index contributed by atoms with van der Waals surface area (Å²) in [6, 6.07) is 0. The van der Waals surface area contributed by atoms with Crippen LogP contribution < -0.4 is 37.2 Å². The quantitative estimate of drug-likeness (QED) is 0.314. The van der Waals surface area contributed by atoms with Gasteiger partial charge >= 0.3 is 46.1 Å². The Bertz CT molecular complexity index is 90.5. The van der Waals surface area contributed by atoms with E-state index in [9.17, 15) is 0 Å². The zero-order valence-corrected chi connectivity index (χ0v) is 17.0. The van der Waals surface area contributed by atoms with Crippen molar-refractivity contribution in [1.82, 2.24) is 0 Å². The van der Waals surface area contributed by atoms with Crippen LogP contribution in [-0.4, -0.2) is 65.9 Å². The third kappa shape index (κ3) is 25.2. The van der Waals surface area contributed by atoms with Crippen molar-refractivity contribution in [1.29, 1.82) is 0 Å². The van der Waals surface area contributed by atoms with Crippen molar-refractivity contribution in [3.8, 4) is 0 Å². The summed E-state index contributed by atoms with van der Waals surface area (Å²) in [6.45, 7) is 8.42. The van der Waals surface area contributed by atoms with Gasteiger partial charge in [0.1, 0.15) is 0 Å². The fourth-order valence-electron chi connectivity index (χ4n) is 1.25. The Labute approximate surface area is 174 Å². The third-order valence-corrected chi connectivity index (χ3v) is 2.11. The second-order valence-corrected chi connectivity index (χ2v) is 3.54. The molecule has 0 bridgehead atoms. The summed E-state index contributed by atoms with van der Waals surface area (Å²) in [5, 5.41) is 0. The molecule has 3 heterocycles. The van der Waals surface area contributed by atoms with E-state index in [0.29, 0.717) is 0 Å². The summed E-state index contributed by atoms with van der Waals surface area (Å²) < 4.78 is 14.5. The minimum atomic E-state index is 0. The van der Waals surface area contributed by atoms with Crippen molar-refractivity contribution in [3.63, 3.8) is 0 Å². The number of hydrogen-bond donors (Lipinski definition) is 0. The molecule has 0 aromatic rings. The summed E-state index contributed by atoms with van der Waals surface area (Å²) >= 11 is 0. The molecule has 0 atom stereocenters. The molecule has 3 aliphatic heterocycles. The van der Waals surface area contributed by atoms with E-state index >= 15 is 0 Å². The minimum absolute atomic E-state index is 0. The second-order valence-electron chi connectivity index (χ2n) is 3.54. The molecule has 0 saturated carbocycles. The topological polar surface area (TPSA) is 27.7 Å². The van der Waals surface area contributed by atoms with Crippen LogP contribution in [0.15, 0.2) is 0 Å². The molecule has 0 radical (unpaired) electrons. The van der Waals surface area contributed by atoms with Gasteiger partial charge in [0.2, 0.25) is 0 Å². The minimum Gasteiger partial charge on any atom is -1.00 e. The molecule has 3 aliphatic rings. The van der Waals surface area contributed by atoms with E-state index < -0.39 is 0 Å². The van der Waals surface area contributed by atoms with E-state index in [1.165, 1.54) is 19.3 Å². The van der Waals surface area contributed by atoms with Crippen molar-refractivity contribution < 1.29 is 51.4 Å². The van der Waals surface area contributed by atoms with E-state index in [4.69, 9.17) is 14.2 Å². The SMILES string of the molecule is [CH-]1CCCO1.[CH-]1CCCO1.[CH-]1CCCO1.[Cl-].[Cl-].[Cl-].[Mg+2].[Mg+2]. The smallest absolute Gasteiger partial charge is 1.00 e. The first-order valence-corrected chi connectivity index (χ1v) is 5.80. The number of rotatable bonds is 0. The van der Waals surface area contributed by atoms with Crippen LogP contribution in [0.4, 0.5) is 0 Å². The number of ether oxygens (including phenoxy) is 3. The Hall–Kier alpha value is 2.28. The average molecular weight is 368 g/mol. The summed E-state index contributed by atoms with van der Waals surface area (Å²) in [4.78, 5) is 0. The molecule has 3 rings (SSSR count). The van der Waals surface area contributed by atoms with E-state index in [-0.39, 0.29) is 83.3 Å². The van der Waals surface area contributed by atoms with Gasteiger partial charge in [0.25, 0.3) is 0 Å². The van der Waals surface area contributed by atoms with Crippen LogP contribution in [0.5, 0.6) is 0 Å². The summed E-state index contributed by atoms with van der Waals surface area (Å²) in [5.74, 6) is 0. The van der Waals surface area contributed by atoms with Crippen molar-refractivity contribution in [2.45, 2.75) is 38.5 Å². The van der Waals surface area contributed by atoms with Crippen molar-refractivity contribution >= 4 is 46.1 Å². The van der Waals surface area contributed by atoms with Crippen LogP contribution in [0, 0.1) is 19.8 Å². The predicted octanol–water partition coefficient (Wildman–Crippen LogP) is -6.87. The van der Waals surface area contributed by atoms with Gasteiger partial charge in [-0.05, 0) is 0 Å². The van der Waals surface area contributed by atoms with Gasteiger partial charge in [-0.15, -0.1) is 0 Å². The van der Waals surface area contributed by atoms with Crippen molar-refractivity contribution in [3.05, 3.63) is 19.8 Å². The normalized spacial score (nSPS) is 18.0. The molecule has 3 saturated heterocycles. The van der Waals surface area contributed by atoms with E-state index in [0.717, 1.165) is 39.1 Å². The first kappa shape index (κ1) is 33.8. The number of halogens is 3. The third-order valence-electron chi connectivity index (χ3n) is 2.11. The molecule has 0 aromatic heterocycles. The molecule has 0 aliphatic carbocycles. The van der Waals surface area contributed by atoms with Gasteiger partial charge in [-0.1, -0.05) is 19.3 Å². The first-order valence-electron chi connectivity index (χ1n) is 5.80. The maximum Gasteiger partial charge on any atom is 2.00 e. The summed E-state index contributed by atoms with van der Waals surface area (Å²) in [6.07, 6.45) is 7.12. The maximum absolute atomic E-state index is 4.82. The van der Waals surface area contributed by atoms with Gasteiger partial charge in [0, 0.05) is 19.8 Å². The van der Waals surface area contributed by atoms with Crippen LogP contribution >= 0.6 is 0 Å². The first-order chi connectivity index (χ1) is 7.50. The predicted molar refractivity (Wildman–Crippen MR) is 70.0 cm³/mol.